The van der Waals surface area contributed by atoms with E-state index in [4.69, 9.17) is 10.1 Å². The molecule has 12 heteroatoms. The van der Waals surface area contributed by atoms with Crippen LogP contribution in [0, 0.1) is 24.4 Å². The zero-order valence-electron chi connectivity index (χ0n) is 26.2. The van der Waals surface area contributed by atoms with E-state index < -0.39 is 43.4 Å². The number of amides is 1. The lowest BCUT2D eigenvalue weighted by molar-refractivity contribution is 0.0602. The number of aryl methyl sites for hydroxylation is 1. The highest BCUT2D eigenvalue weighted by Gasteiger charge is 2.44. The third-order valence-electron chi connectivity index (χ3n) is 10.8. The second-order valence-corrected chi connectivity index (χ2v) is 14.9. The molecule has 1 amide bonds. The number of rotatable bonds is 7. The molecule has 47 heavy (non-hydrogen) atoms. The van der Waals surface area contributed by atoms with Crippen LogP contribution in [-0.2, 0) is 15.4 Å². The summed E-state index contributed by atoms with van der Waals surface area (Å²) in [7, 11) is -4.50. The zero-order valence-corrected chi connectivity index (χ0v) is 27.0. The first-order chi connectivity index (χ1) is 22.4. The predicted octanol–water partition coefficient (Wildman–Crippen LogP) is 5.84. The number of fused-ring (bicyclic) bond motifs is 3. The molecule has 2 atom stereocenters. The maximum Gasteiger partial charge on any atom is 0.256 e. The number of benzene rings is 3. The predicted molar refractivity (Wildman–Crippen MR) is 172 cm³/mol. The van der Waals surface area contributed by atoms with E-state index in [1.165, 1.54) is 16.5 Å². The number of imidazole rings is 1. The van der Waals surface area contributed by atoms with Crippen LogP contribution >= 0.6 is 0 Å². The molecule has 4 aromatic rings. The molecule has 3 aliphatic rings. The Hall–Kier alpha value is -3.74. The molecule has 7 rings (SSSR count). The van der Waals surface area contributed by atoms with E-state index in [-0.39, 0.29) is 18.9 Å². The van der Waals surface area contributed by atoms with Gasteiger partial charge in [0, 0.05) is 37.3 Å². The summed E-state index contributed by atoms with van der Waals surface area (Å²) < 4.78 is 69.5. The fourth-order valence-corrected chi connectivity index (χ4v) is 9.12. The molecule has 2 N–H and O–H groups in total. The molecular weight excluding hydrogens is 627 g/mol. The Morgan fingerprint density at radius 3 is 2.32 bits per heavy atom. The van der Waals surface area contributed by atoms with Gasteiger partial charge in [-0.05, 0) is 99.7 Å². The Labute approximate surface area is 272 Å². The first-order valence-corrected chi connectivity index (χ1v) is 17.7. The van der Waals surface area contributed by atoms with E-state index in [9.17, 15) is 26.4 Å². The lowest BCUT2D eigenvalue weighted by Crippen LogP contribution is -2.49. The fourth-order valence-electron chi connectivity index (χ4n) is 8.51. The van der Waals surface area contributed by atoms with Gasteiger partial charge in [0.15, 0.2) is 0 Å². The number of nitrogens with zero attached hydrogens (tertiary/aromatic N) is 4. The first-order valence-electron chi connectivity index (χ1n) is 16.2. The molecular formula is C35H38F3N5O3S. The second kappa shape index (κ2) is 12.1. The summed E-state index contributed by atoms with van der Waals surface area (Å²) in [5, 5.41) is 5.09. The Balaban J connectivity index is 1.09. The highest BCUT2D eigenvalue weighted by Crippen LogP contribution is 2.45. The summed E-state index contributed by atoms with van der Waals surface area (Å²) in [4.78, 5) is 21.4. The molecule has 3 saturated heterocycles. The normalized spacial score (nSPS) is 23.0. The molecule has 0 radical (unpaired) electrons. The van der Waals surface area contributed by atoms with Gasteiger partial charge in [0.05, 0.1) is 16.6 Å². The Morgan fingerprint density at radius 2 is 1.64 bits per heavy atom. The smallest absolute Gasteiger partial charge is 0.256 e. The lowest BCUT2D eigenvalue weighted by Gasteiger charge is -2.45. The van der Waals surface area contributed by atoms with Gasteiger partial charge >= 0.3 is 0 Å². The molecule has 8 nitrogen and oxygen atoms in total. The van der Waals surface area contributed by atoms with Crippen molar-refractivity contribution in [2.75, 3.05) is 19.6 Å². The minimum atomic E-state index is -4.50. The number of likely N-dealkylation sites (tertiary alicyclic amines) is 1. The van der Waals surface area contributed by atoms with Gasteiger partial charge in [-0.25, -0.2) is 31.7 Å². The lowest BCUT2D eigenvalue weighted by atomic mass is 9.70. The van der Waals surface area contributed by atoms with Crippen molar-refractivity contribution in [3.63, 3.8) is 0 Å². The highest BCUT2D eigenvalue weighted by molar-refractivity contribution is 7.89. The van der Waals surface area contributed by atoms with Gasteiger partial charge in [0.25, 0.3) is 5.91 Å². The van der Waals surface area contributed by atoms with Gasteiger partial charge in [-0.15, -0.1) is 0 Å². The molecule has 2 bridgehead atoms. The van der Waals surface area contributed by atoms with E-state index in [0.717, 1.165) is 55.6 Å². The van der Waals surface area contributed by atoms with Crippen molar-refractivity contribution in [2.45, 2.75) is 80.3 Å². The number of sulfonamides is 1. The third kappa shape index (κ3) is 5.84. The van der Waals surface area contributed by atoms with E-state index in [1.807, 2.05) is 12.1 Å². The Bertz CT molecular complexity index is 1940. The number of carbonyl (C=O) groups is 1. The van der Waals surface area contributed by atoms with Crippen LogP contribution in [0.15, 0.2) is 65.6 Å². The van der Waals surface area contributed by atoms with Crippen molar-refractivity contribution < 1.29 is 26.4 Å². The van der Waals surface area contributed by atoms with Crippen molar-refractivity contribution in [1.29, 1.82) is 0 Å². The van der Waals surface area contributed by atoms with Gasteiger partial charge in [-0.3, -0.25) is 9.69 Å². The molecule has 4 heterocycles. The van der Waals surface area contributed by atoms with Crippen molar-refractivity contribution in [2.24, 2.45) is 5.14 Å². The number of nitrogens with two attached hydrogens (primary N) is 1. The topological polar surface area (TPSA) is 102 Å². The maximum atomic E-state index is 14.7. The number of piperidine rings is 2. The van der Waals surface area contributed by atoms with Crippen molar-refractivity contribution in [1.82, 2.24) is 19.4 Å². The fraction of sp³-hybridized carbons (Fsp3) is 0.429. The molecule has 3 aliphatic heterocycles. The van der Waals surface area contributed by atoms with Gasteiger partial charge in [-0.1, -0.05) is 24.3 Å². The van der Waals surface area contributed by atoms with Gasteiger partial charge in [-0.2, -0.15) is 0 Å². The van der Waals surface area contributed by atoms with Crippen molar-refractivity contribution >= 4 is 27.0 Å². The van der Waals surface area contributed by atoms with E-state index in [1.54, 1.807) is 12.1 Å². The summed E-state index contributed by atoms with van der Waals surface area (Å²) in [5.41, 5.74) is 2.11. The number of aromatic nitrogens is 2. The highest BCUT2D eigenvalue weighted by atomic mass is 32.2. The molecule has 3 aromatic carbocycles. The van der Waals surface area contributed by atoms with Crippen LogP contribution in [0.2, 0.25) is 0 Å². The maximum absolute atomic E-state index is 14.7. The van der Waals surface area contributed by atoms with Crippen LogP contribution in [0.4, 0.5) is 13.2 Å². The molecule has 0 aliphatic carbocycles. The summed E-state index contributed by atoms with van der Waals surface area (Å²) in [6.07, 6.45) is 6.13. The molecule has 2 unspecified atom stereocenters. The summed E-state index contributed by atoms with van der Waals surface area (Å²) >= 11 is 0. The summed E-state index contributed by atoms with van der Waals surface area (Å²) in [6, 6.07) is 17.2. The van der Waals surface area contributed by atoms with E-state index in [2.05, 4.69) is 34.6 Å². The second-order valence-electron chi connectivity index (χ2n) is 13.4. The first kappa shape index (κ1) is 31.8. The van der Waals surface area contributed by atoms with E-state index >= 15 is 0 Å². The van der Waals surface area contributed by atoms with Crippen molar-refractivity contribution in [3.8, 4) is 0 Å². The van der Waals surface area contributed by atoms with Gasteiger partial charge < -0.3 is 9.47 Å². The van der Waals surface area contributed by atoms with Crippen LogP contribution in [0.25, 0.3) is 11.0 Å². The SMILES string of the molecule is Cc1nc2ccccc2n1C1CC2CCC(C1)N2CCC1(c2cccc(F)c2)CCN(C(=O)c2cc(S(N)(=O)=O)c(F)cc2F)CC1. The average Bonchev–Trinajstić information content (AvgIpc) is 3.49. The molecule has 248 valence electrons. The largest absolute Gasteiger partial charge is 0.338 e. The number of carbonyl (C=O) groups excluding carboxylic acids is 1. The molecule has 0 saturated carbocycles. The minimum Gasteiger partial charge on any atom is -0.338 e. The number of halogens is 3. The van der Waals surface area contributed by atoms with Crippen LogP contribution in [0.5, 0.6) is 0 Å². The summed E-state index contributed by atoms with van der Waals surface area (Å²) in [5.74, 6) is -2.52. The van der Waals surface area contributed by atoms with Crippen LogP contribution in [0.1, 0.15) is 72.7 Å². The molecule has 0 spiro atoms. The number of hydrogen-bond donors (Lipinski definition) is 1. The molecule has 3 fully saturated rings. The number of primary sulfonamides is 1. The quantitative estimate of drug-likeness (QED) is 0.267. The van der Waals surface area contributed by atoms with Crippen LogP contribution in [-0.4, -0.2) is 65.4 Å². The Kier molecular flexibility index (Phi) is 8.16. The molecule has 1 aromatic heterocycles. The summed E-state index contributed by atoms with van der Waals surface area (Å²) in [6.45, 7) is 3.41. The number of hydrogen-bond acceptors (Lipinski definition) is 5. The standard InChI is InChI=1S/C35H38F3N5O3S/c1-22-40-31-7-2-3-8-32(31)43(22)27-18-25-9-10-26(19-27)42(25)16-13-35(23-5-4-6-24(36)17-23)11-14-41(15-12-35)34(44)28-20-33(47(39,45)46)30(38)21-29(28)37/h2-8,17,20-21,25-27H,9-16,18-19H2,1H3,(H2,39,45,46). The van der Waals surface area contributed by atoms with E-state index in [0.29, 0.717) is 43.1 Å². The van der Waals surface area contributed by atoms with Gasteiger partial charge in [0.2, 0.25) is 10.0 Å². The van der Waals surface area contributed by atoms with Crippen molar-refractivity contribution in [3.05, 3.63) is 95.1 Å². The zero-order chi connectivity index (χ0) is 33.1. The third-order valence-corrected chi connectivity index (χ3v) is 11.8. The van der Waals surface area contributed by atoms with Crippen LogP contribution < -0.4 is 5.14 Å². The average molecular weight is 666 g/mol. The van der Waals surface area contributed by atoms with Gasteiger partial charge in [0.1, 0.15) is 28.2 Å². The Morgan fingerprint density at radius 1 is 0.936 bits per heavy atom. The number of para-hydroxylation sites is 2. The monoisotopic (exact) mass is 665 g/mol. The van der Waals surface area contributed by atoms with Crippen LogP contribution in [0.3, 0.4) is 0 Å². The minimum absolute atomic E-state index is 0.249.